The highest BCUT2D eigenvalue weighted by Crippen LogP contribution is 2.32. The van der Waals surface area contributed by atoms with Gasteiger partial charge < -0.3 is 18.9 Å². The first-order chi connectivity index (χ1) is 17.2. The third-order valence-corrected chi connectivity index (χ3v) is 5.74. The van der Waals surface area contributed by atoms with E-state index in [1.807, 2.05) is 91.0 Å². The van der Waals surface area contributed by atoms with Gasteiger partial charge in [0.05, 0.1) is 26.4 Å². The highest BCUT2D eigenvalue weighted by Gasteiger charge is 2.49. The first-order valence-electron chi connectivity index (χ1n) is 11.5. The van der Waals surface area contributed by atoms with Gasteiger partial charge in [0.2, 0.25) is 6.30 Å². The van der Waals surface area contributed by atoms with Gasteiger partial charge in [-0.1, -0.05) is 96.1 Å². The van der Waals surface area contributed by atoms with E-state index in [1.54, 1.807) is 0 Å². The van der Waals surface area contributed by atoms with Crippen molar-refractivity contribution < 1.29 is 23.3 Å². The molecule has 3 aromatic rings. The van der Waals surface area contributed by atoms with Crippen molar-refractivity contribution in [3.8, 4) is 0 Å². The van der Waals surface area contributed by atoms with Crippen LogP contribution in [0.15, 0.2) is 96.1 Å². The topological polar surface area (TPSA) is 85.7 Å². The molecule has 4 rings (SSSR count). The first kappa shape index (κ1) is 24.9. The SMILES string of the molecule is [N-]=[N+]=NC(F)[C@H]1O[C@H](COCc2ccccc2)[C@@H](OCc2ccccc2)[C@@H]1OCc1ccccc1. The lowest BCUT2D eigenvalue weighted by Crippen LogP contribution is -2.41. The summed E-state index contributed by atoms with van der Waals surface area (Å²) in [7, 11) is 0. The van der Waals surface area contributed by atoms with E-state index in [0.29, 0.717) is 13.2 Å². The van der Waals surface area contributed by atoms with Gasteiger partial charge in [-0.15, -0.1) is 0 Å². The number of azide groups is 1. The normalized spacial score (nSPS) is 22.4. The number of hydrogen-bond acceptors (Lipinski definition) is 5. The molecule has 182 valence electrons. The van der Waals surface area contributed by atoms with E-state index in [4.69, 9.17) is 24.5 Å². The second-order valence-corrected chi connectivity index (χ2v) is 8.24. The molecule has 0 saturated carbocycles. The third-order valence-electron chi connectivity index (χ3n) is 5.74. The number of benzene rings is 3. The van der Waals surface area contributed by atoms with Crippen LogP contribution in [0.4, 0.5) is 4.39 Å². The molecular formula is C27H28FN3O4. The molecular weight excluding hydrogens is 449 g/mol. The third kappa shape index (κ3) is 7.11. The molecule has 1 saturated heterocycles. The van der Waals surface area contributed by atoms with Crippen molar-refractivity contribution in [2.24, 2.45) is 5.11 Å². The fourth-order valence-corrected chi connectivity index (χ4v) is 4.02. The van der Waals surface area contributed by atoms with Crippen LogP contribution in [0.5, 0.6) is 0 Å². The fourth-order valence-electron chi connectivity index (χ4n) is 4.02. The predicted molar refractivity (Wildman–Crippen MR) is 129 cm³/mol. The molecule has 8 heteroatoms. The van der Waals surface area contributed by atoms with E-state index < -0.39 is 30.7 Å². The predicted octanol–water partition coefficient (Wildman–Crippen LogP) is 5.75. The molecule has 1 aliphatic heterocycles. The largest absolute Gasteiger partial charge is 0.374 e. The summed E-state index contributed by atoms with van der Waals surface area (Å²) in [6, 6.07) is 29.0. The Labute approximate surface area is 204 Å². The van der Waals surface area contributed by atoms with Gasteiger partial charge in [0, 0.05) is 4.91 Å². The van der Waals surface area contributed by atoms with Crippen molar-refractivity contribution in [3.05, 3.63) is 118 Å². The molecule has 3 aromatic carbocycles. The number of ether oxygens (including phenoxy) is 4. The second-order valence-electron chi connectivity index (χ2n) is 8.24. The van der Waals surface area contributed by atoms with Crippen LogP contribution in [0.25, 0.3) is 10.4 Å². The summed E-state index contributed by atoms with van der Waals surface area (Å²) in [4.78, 5) is 2.62. The Morgan fingerprint density at radius 1 is 0.771 bits per heavy atom. The van der Waals surface area contributed by atoms with Crippen molar-refractivity contribution in [1.29, 1.82) is 0 Å². The van der Waals surface area contributed by atoms with Crippen molar-refractivity contribution in [2.75, 3.05) is 6.61 Å². The Morgan fingerprint density at radius 3 is 1.77 bits per heavy atom. The van der Waals surface area contributed by atoms with Gasteiger partial charge in [-0.2, -0.15) is 0 Å². The lowest BCUT2D eigenvalue weighted by molar-refractivity contribution is -0.0907. The summed E-state index contributed by atoms with van der Waals surface area (Å²) in [5, 5.41) is 3.24. The molecule has 1 aliphatic rings. The molecule has 7 nitrogen and oxygen atoms in total. The minimum atomic E-state index is -1.93. The highest BCUT2D eigenvalue weighted by atomic mass is 19.1. The van der Waals surface area contributed by atoms with Crippen LogP contribution in [0.2, 0.25) is 0 Å². The maximum Gasteiger partial charge on any atom is 0.207 e. The van der Waals surface area contributed by atoms with Gasteiger partial charge in [-0.3, -0.25) is 0 Å². The van der Waals surface area contributed by atoms with Crippen LogP contribution in [-0.2, 0) is 38.8 Å². The summed E-state index contributed by atoms with van der Waals surface area (Å²) >= 11 is 0. The minimum absolute atomic E-state index is 0.166. The van der Waals surface area contributed by atoms with Crippen LogP contribution < -0.4 is 0 Å². The number of nitrogens with zero attached hydrogens (tertiary/aromatic N) is 3. The summed E-state index contributed by atoms with van der Waals surface area (Å²) < 4.78 is 39.1. The molecule has 1 heterocycles. The average Bonchev–Trinajstić information content (AvgIpc) is 3.25. The molecule has 0 N–H and O–H groups in total. The van der Waals surface area contributed by atoms with E-state index in [-0.39, 0.29) is 13.2 Å². The zero-order valence-electron chi connectivity index (χ0n) is 19.2. The van der Waals surface area contributed by atoms with E-state index >= 15 is 0 Å². The molecule has 5 atom stereocenters. The van der Waals surface area contributed by atoms with Crippen molar-refractivity contribution >= 4 is 0 Å². The Bertz CT molecular complexity index is 1070. The number of halogens is 1. The molecule has 1 unspecified atom stereocenters. The van der Waals surface area contributed by atoms with Gasteiger partial charge in [-0.05, 0) is 22.2 Å². The van der Waals surface area contributed by atoms with Gasteiger partial charge in [0.15, 0.2) is 0 Å². The number of alkyl halides is 1. The van der Waals surface area contributed by atoms with E-state index in [9.17, 15) is 4.39 Å². The Balaban J connectivity index is 1.50. The van der Waals surface area contributed by atoms with E-state index in [0.717, 1.165) is 16.7 Å². The first-order valence-corrected chi connectivity index (χ1v) is 11.5. The van der Waals surface area contributed by atoms with Crippen molar-refractivity contribution in [2.45, 2.75) is 50.5 Å². The average molecular weight is 478 g/mol. The molecule has 0 spiro atoms. The van der Waals surface area contributed by atoms with Gasteiger partial charge in [0.25, 0.3) is 0 Å². The van der Waals surface area contributed by atoms with Gasteiger partial charge in [-0.25, -0.2) is 4.39 Å². The molecule has 0 bridgehead atoms. The highest BCUT2D eigenvalue weighted by molar-refractivity contribution is 5.15. The maximum absolute atomic E-state index is 14.9. The van der Waals surface area contributed by atoms with Gasteiger partial charge in [0.1, 0.15) is 24.4 Å². The molecule has 0 amide bonds. The zero-order valence-corrected chi connectivity index (χ0v) is 19.2. The smallest absolute Gasteiger partial charge is 0.207 e. The molecule has 0 aliphatic carbocycles. The number of rotatable bonds is 12. The molecule has 1 fully saturated rings. The lowest BCUT2D eigenvalue weighted by Gasteiger charge is -2.25. The van der Waals surface area contributed by atoms with Crippen LogP contribution in [0.3, 0.4) is 0 Å². The zero-order chi connectivity index (χ0) is 24.3. The number of hydrogen-bond donors (Lipinski definition) is 0. The summed E-state index contributed by atoms with van der Waals surface area (Å²) in [5.41, 5.74) is 11.7. The Kier molecular flexibility index (Phi) is 9.23. The van der Waals surface area contributed by atoms with Gasteiger partial charge >= 0.3 is 0 Å². The maximum atomic E-state index is 14.9. The fraction of sp³-hybridized carbons (Fsp3) is 0.333. The standard InChI is InChI=1S/C27H28FN3O4/c28-27(30-31-29)26-25(34-18-22-14-8-3-9-15-22)24(33-17-21-12-6-2-7-13-21)23(35-26)19-32-16-20-10-4-1-5-11-20/h1-15,23-27H,16-19H2/t23-,24-,25+,26+,27?/m1/s1. The van der Waals surface area contributed by atoms with Crippen molar-refractivity contribution in [3.63, 3.8) is 0 Å². The minimum Gasteiger partial charge on any atom is -0.374 e. The summed E-state index contributed by atoms with van der Waals surface area (Å²) in [6.45, 7) is 1.07. The molecule has 35 heavy (non-hydrogen) atoms. The van der Waals surface area contributed by atoms with Crippen LogP contribution in [0.1, 0.15) is 16.7 Å². The Morgan fingerprint density at radius 2 is 1.26 bits per heavy atom. The van der Waals surface area contributed by atoms with E-state index in [1.165, 1.54) is 0 Å². The van der Waals surface area contributed by atoms with Crippen molar-refractivity contribution in [1.82, 2.24) is 0 Å². The van der Waals surface area contributed by atoms with Crippen LogP contribution in [-0.4, -0.2) is 37.3 Å². The van der Waals surface area contributed by atoms with E-state index in [2.05, 4.69) is 10.0 Å². The molecule has 0 aromatic heterocycles. The summed E-state index contributed by atoms with van der Waals surface area (Å²) in [5.74, 6) is 0. The van der Waals surface area contributed by atoms with Crippen LogP contribution in [0, 0.1) is 0 Å². The second kappa shape index (κ2) is 13.0. The summed E-state index contributed by atoms with van der Waals surface area (Å²) in [6.07, 6.45) is -5.10. The Hall–Kier alpha value is -3.26. The van der Waals surface area contributed by atoms with Crippen LogP contribution >= 0.6 is 0 Å². The monoisotopic (exact) mass is 477 g/mol. The lowest BCUT2D eigenvalue weighted by atomic mass is 10.1. The molecule has 0 radical (unpaired) electrons. The quantitative estimate of drug-likeness (QED) is 0.144.